The molecule has 2 aliphatic rings. The van der Waals surface area contributed by atoms with Gasteiger partial charge in [-0.25, -0.2) is 9.59 Å². The fraction of sp³-hybridized carbons (Fsp3) is 0.273. The molecule has 3 aromatic carbocycles. The summed E-state index contributed by atoms with van der Waals surface area (Å²) in [6.07, 6.45) is 2.94. The summed E-state index contributed by atoms with van der Waals surface area (Å²) < 4.78 is 15.5. The third-order valence-electron chi connectivity index (χ3n) is 8.35. The van der Waals surface area contributed by atoms with Gasteiger partial charge in [0.25, 0.3) is 0 Å². The molecule has 0 saturated heterocycles. The van der Waals surface area contributed by atoms with Gasteiger partial charge in [-0.3, -0.25) is 0 Å². The van der Waals surface area contributed by atoms with Crippen molar-refractivity contribution in [3.05, 3.63) is 127 Å². The van der Waals surface area contributed by atoms with Crippen molar-refractivity contribution in [2.24, 2.45) is 17.3 Å². The average Bonchev–Trinajstić information content (AvgIpc) is 2.95. The molecular weight excluding hydrogens is 700 g/mol. The second-order valence-electron chi connectivity index (χ2n) is 10.7. The topological polar surface area (TPSA) is 52.6 Å². The van der Waals surface area contributed by atoms with E-state index in [9.17, 15) is 9.59 Å². The van der Waals surface area contributed by atoms with E-state index in [1.807, 2.05) is 42.5 Å². The van der Waals surface area contributed by atoms with E-state index in [0.29, 0.717) is 11.1 Å². The van der Waals surface area contributed by atoms with Crippen molar-refractivity contribution in [2.75, 3.05) is 0 Å². The van der Waals surface area contributed by atoms with E-state index in [4.69, 9.17) is 9.47 Å². The smallest absolute Gasteiger partial charge is 0.338 e. The Kier molecular flexibility index (Phi) is 8.55. The molecule has 0 N–H and O–H groups in total. The quantitative estimate of drug-likeness (QED) is 0.246. The second-order valence-corrected chi connectivity index (χ2v) is 13.3. The van der Waals surface area contributed by atoms with Gasteiger partial charge in [-0.05, 0) is 92.2 Å². The fourth-order valence-corrected chi connectivity index (χ4v) is 7.41. The van der Waals surface area contributed by atoms with E-state index in [1.54, 1.807) is 24.3 Å². The number of ether oxygens (including phenoxy) is 2. The summed E-state index contributed by atoms with van der Waals surface area (Å²) in [5.41, 5.74) is 2.58. The summed E-state index contributed by atoms with van der Waals surface area (Å²) in [4.78, 5) is 27.1. The number of esters is 2. The predicted octanol–water partition coefficient (Wildman–Crippen LogP) is 9.14. The van der Waals surface area contributed by atoms with Crippen molar-refractivity contribution < 1.29 is 19.1 Å². The van der Waals surface area contributed by atoms with Gasteiger partial charge in [0.1, 0.15) is 12.2 Å². The molecule has 0 bridgehead atoms. The van der Waals surface area contributed by atoms with Crippen LogP contribution < -0.4 is 0 Å². The van der Waals surface area contributed by atoms with Gasteiger partial charge in [0, 0.05) is 30.7 Å². The number of fused-ring (bicyclic) bond motifs is 1. The lowest BCUT2D eigenvalue weighted by molar-refractivity contribution is -0.121. The SMILES string of the molecule is Cc1ccc(Br)cc1C1C(OC(=O)c2ccccc2)C(OC(=O)c2ccccc2)C(C)C2(C)C=C(Br)C(Br)=CC12. The normalized spacial score (nSPS) is 27.6. The number of aryl methyl sites for hydroxylation is 1. The highest BCUT2D eigenvalue weighted by Gasteiger charge is 2.58. The number of carbonyl (C=O) groups is 2. The lowest BCUT2D eigenvalue weighted by Crippen LogP contribution is -2.58. The summed E-state index contributed by atoms with van der Waals surface area (Å²) >= 11 is 11.1. The minimum atomic E-state index is -0.747. The van der Waals surface area contributed by atoms with E-state index in [1.165, 1.54) is 0 Å². The van der Waals surface area contributed by atoms with Gasteiger partial charge in [-0.2, -0.15) is 0 Å². The van der Waals surface area contributed by atoms with Crippen LogP contribution in [0.25, 0.3) is 0 Å². The van der Waals surface area contributed by atoms with E-state index in [2.05, 4.69) is 92.8 Å². The maximum Gasteiger partial charge on any atom is 0.338 e. The van der Waals surface area contributed by atoms with Crippen molar-refractivity contribution in [1.82, 2.24) is 0 Å². The molecule has 6 atom stereocenters. The largest absolute Gasteiger partial charge is 0.454 e. The van der Waals surface area contributed by atoms with Crippen molar-refractivity contribution in [3.8, 4) is 0 Å². The van der Waals surface area contributed by atoms with Gasteiger partial charge in [-0.15, -0.1) is 0 Å². The van der Waals surface area contributed by atoms with Crippen LogP contribution in [-0.2, 0) is 9.47 Å². The van der Waals surface area contributed by atoms with Gasteiger partial charge < -0.3 is 9.47 Å². The Balaban J connectivity index is 1.68. The van der Waals surface area contributed by atoms with Crippen LogP contribution >= 0.6 is 47.8 Å². The second kappa shape index (κ2) is 11.8. The highest BCUT2D eigenvalue weighted by molar-refractivity contribution is 9.15. The molecule has 40 heavy (non-hydrogen) atoms. The van der Waals surface area contributed by atoms with Crippen LogP contribution in [0.5, 0.6) is 0 Å². The number of carbonyl (C=O) groups excluding carboxylic acids is 2. The highest BCUT2D eigenvalue weighted by Crippen LogP contribution is 2.59. The highest BCUT2D eigenvalue weighted by atomic mass is 79.9. The first kappa shape index (κ1) is 29.0. The van der Waals surface area contributed by atoms with E-state index >= 15 is 0 Å². The Morgan fingerprint density at radius 1 is 0.775 bits per heavy atom. The van der Waals surface area contributed by atoms with Gasteiger partial charge in [-0.1, -0.05) is 84.4 Å². The van der Waals surface area contributed by atoms with Crippen LogP contribution in [-0.4, -0.2) is 24.1 Å². The van der Waals surface area contributed by atoms with Crippen molar-refractivity contribution in [1.29, 1.82) is 0 Å². The molecule has 2 aliphatic carbocycles. The molecule has 7 heteroatoms. The van der Waals surface area contributed by atoms with Crippen molar-refractivity contribution in [2.45, 2.75) is 38.9 Å². The first-order valence-electron chi connectivity index (χ1n) is 13.1. The maximum absolute atomic E-state index is 13.6. The van der Waals surface area contributed by atoms with Crippen LogP contribution in [0.4, 0.5) is 0 Å². The number of allylic oxidation sites excluding steroid dienone is 4. The average molecular weight is 729 g/mol. The first-order valence-corrected chi connectivity index (χ1v) is 15.5. The Hall–Kier alpha value is -2.48. The number of halogens is 3. The molecule has 1 saturated carbocycles. The molecule has 4 nitrogen and oxygen atoms in total. The Labute approximate surface area is 260 Å². The number of rotatable bonds is 5. The third-order valence-corrected chi connectivity index (χ3v) is 10.7. The minimum Gasteiger partial charge on any atom is -0.454 e. The minimum absolute atomic E-state index is 0.0635. The lowest BCUT2D eigenvalue weighted by atomic mass is 9.53. The zero-order valence-corrected chi connectivity index (χ0v) is 27.1. The zero-order valence-electron chi connectivity index (χ0n) is 22.3. The summed E-state index contributed by atoms with van der Waals surface area (Å²) in [7, 11) is 0. The zero-order chi connectivity index (χ0) is 28.6. The molecule has 6 unspecified atom stereocenters. The van der Waals surface area contributed by atoms with Crippen LogP contribution in [0.2, 0.25) is 0 Å². The molecule has 0 aromatic heterocycles. The van der Waals surface area contributed by atoms with Crippen molar-refractivity contribution in [3.63, 3.8) is 0 Å². The van der Waals surface area contributed by atoms with Crippen molar-refractivity contribution >= 4 is 59.7 Å². The maximum atomic E-state index is 13.6. The predicted molar refractivity (Wildman–Crippen MR) is 168 cm³/mol. The number of benzene rings is 3. The van der Waals surface area contributed by atoms with E-state index in [-0.39, 0.29) is 17.8 Å². The van der Waals surface area contributed by atoms with Crippen LogP contribution in [0.3, 0.4) is 0 Å². The molecule has 1 fully saturated rings. The molecule has 0 heterocycles. The van der Waals surface area contributed by atoms with Gasteiger partial charge in [0.2, 0.25) is 0 Å². The molecule has 3 aromatic rings. The summed E-state index contributed by atoms with van der Waals surface area (Å²) in [6.45, 7) is 6.33. The lowest BCUT2D eigenvalue weighted by Gasteiger charge is -2.55. The van der Waals surface area contributed by atoms with Crippen LogP contribution in [0.1, 0.15) is 51.6 Å². The van der Waals surface area contributed by atoms with E-state index < -0.39 is 29.6 Å². The third kappa shape index (κ3) is 5.53. The van der Waals surface area contributed by atoms with Gasteiger partial charge >= 0.3 is 11.9 Å². The molecular formula is C33H29Br3O4. The van der Waals surface area contributed by atoms with Crippen LogP contribution in [0, 0.1) is 24.2 Å². The monoisotopic (exact) mass is 726 g/mol. The first-order chi connectivity index (χ1) is 19.1. The Morgan fingerprint density at radius 3 is 1.90 bits per heavy atom. The molecule has 0 amide bonds. The molecule has 0 radical (unpaired) electrons. The van der Waals surface area contributed by atoms with Gasteiger partial charge in [0.05, 0.1) is 11.1 Å². The standard InChI is InChI=1S/C33H29Br3O4/c1-19-14-15-23(34)16-24(19)28-25-17-26(35)27(36)18-33(25,3)20(2)29(39-31(37)21-10-6-4-7-11-21)30(28)40-32(38)22-12-8-5-9-13-22/h4-18,20,25,28-30H,1-3H3. The van der Waals surface area contributed by atoms with Crippen LogP contribution in [0.15, 0.2) is 104 Å². The van der Waals surface area contributed by atoms with Gasteiger partial charge in [0.15, 0.2) is 0 Å². The summed E-state index contributed by atoms with van der Waals surface area (Å²) in [5, 5.41) is 0. The molecule has 5 rings (SSSR count). The summed E-state index contributed by atoms with van der Waals surface area (Å²) in [5.74, 6) is -1.45. The van der Waals surface area contributed by atoms with E-state index in [0.717, 1.165) is 24.6 Å². The molecule has 0 spiro atoms. The number of hydrogen-bond acceptors (Lipinski definition) is 4. The summed E-state index contributed by atoms with van der Waals surface area (Å²) in [6, 6.07) is 24.0. The Bertz CT molecular complexity index is 1480. The molecule has 206 valence electrons. The molecule has 0 aliphatic heterocycles. The number of hydrogen-bond donors (Lipinski definition) is 0. The Morgan fingerprint density at radius 2 is 1.32 bits per heavy atom. The fourth-order valence-electron chi connectivity index (χ4n) is 6.01.